The van der Waals surface area contributed by atoms with Gasteiger partial charge in [-0.05, 0) is 49.4 Å². The number of methoxy groups -OCH3 is 1. The van der Waals surface area contributed by atoms with Crippen LogP contribution in [0.2, 0.25) is 0 Å². The van der Waals surface area contributed by atoms with Crippen molar-refractivity contribution in [2.45, 2.75) is 17.9 Å². The molecule has 9 heteroatoms. The number of carbonyl (C=O) groups is 1. The third-order valence-electron chi connectivity index (χ3n) is 3.18. The minimum absolute atomic E-state index is 0.327. The third kappa shape index (κ3) is 4.66. The topological polar surface area (TPSA) is 81.7 Å². The Kier molecular flexibility index (Phi) is 5.58. The number of benzene rings is 2. The lowest BCUT2D eigenvalue weighted by Crippen LogP contribution is -2.40. The van der Waals surface area contributed by atoms with Crippen LogP contribution < -0.4 is 14.2 Å². The molecule has 0 fully saturated rings. The molecule has 0 spiro atoms. The van der Waals surface area contributed by atoms with Crippen LogP contribution in [0.15, 0.2) is 47.4 Å². The van der Waals surface area contributed by atoms with Crippen LogP contribution in [0.1, 0.15) is 6.92 Å². The van der Waals surface area contributed by atoms with Crippen LogP contribution in [0.25, 0.3) is 0 Å². The molecule has 2 rings (SSSR count). The van der Waals surface area contributed by atoms with E-state index in [4.69, 9.17) is 9.47 Å². The number of carbonyl (C=O) groups excluding carboxylic acids is 1. The van der Waals surface area contributed by atoms with E-state index in [1.165, 1.54) is 14.0 Å². The number of nitrogens with one attached hydrogen (secondary N) is 1. The van der Waals surface area contributed by atoms with Crippen molar-refractivity contribution in [1.29, 1.82) is 0 Å². The van der Waals surface area contributed by atoms with E-state index < -0.39 is 38.6 Å². The zero-order valence-electron chi connectivity index (χ0n) is 13.3. The van der Waals surface area contributed by atoms with Gasteiger partial charge in [-0.1, -0.05) is 0 Å². The van der Waals surface area contributed by atoms with Gasteiger partial charge in [0.05, 0.1) is 12.0 Å². The number of hydrogen-bond acceptors (Lipinski definition) is 5. The molecule has 1 atom stereocenters. The van der Waals surface area contributed by atoms with Gasteiger partial charge in [0, 0.05) is 0 Å². The Hall–Kier alpha value is -2.68. The van der Waals surface area contributed by atoms with Gasteiger partial charge in [0.15, 0.2) is 17.7 Å². The summed E-state index contributed by atoms with van der Waals surface area (Å²) in [6.45, 7) is 1.35. The van der Waals surface area contributed by atoms with Crippen molar-refractivity contribution in [3.05, 3.63) is 54.1 Å². The Morgan fingerprint density at radius 3 is 2.20 bits per heavy atom. The molecule has 0 aliphatic carbocycles. The van der Waals surface area contributed by atoms with Crippen LogP contribution in [0, 0.1) is 11.6 Å². The average Bonchev–Trinajstić information content (AvgIpc) is 2.57. The van der Waals surface area contributed by atoms with Crippen molar-refractivity contribution in [1.82, 2.24) is 4.72 Å². The molecule has 6 nitrogen and oxygen atoms in total. The first-order valence-electron chi connectivity index (χ1n) is 7.05. The number of sulfonamides is 1. The molecule has 0 unspecified atom stereocenters. The largest absolute Gasteiger partial charge is 0.497 e. The second kappa shape index (κ2) is 7.47. The van der Waals surface area contributed by atoms with Crippen molar-refractivity contribution in [3.63, 3.8) is 0 Å². The monoisotopic (exact) mass is 371 g/mol. The second-order valence-electron chi connectivity index (χ2n) is 4.98. The molecule has 2 aromatic rings. The molecule has 1 N–H and O–H groups in total. The van der Waals surface area contributed by atoms with E-state index in [0.717, 1.165) is 6.07 Å². The van der Waals surface area contributed by atoms with Crippen LogP contribution in [-0.2, 0) is 14.8 Å². The summed E-state index contributed by atoms with van der Waals surface area (Å²) in [6.07, 6.45) is -1.14. The van der Waals surface area contributed by atoms with Crippen LogP contribution in [0.4, 0.5) is 8.78 Å². The number of halogens is 2. The molecule has 134 valence electrons. The van der Waals surface area contributed by atoms with Crippen LogP contribution in [-0.4, -0.2) is 27.5 Å². The molecule has 0 bridgehead atoms. The van der Waals surface area contributed by atoms with Gasteiger partial charge in [-0.25, -0.2) is 21.9 Å². The summed E-state index contributed by atoms with van der Waals surface area (Å²) in [5.74, 6) is -2.57. The van der Waals surface area contributed by atoms with Gasteiger partial charge in [-0.2, -0.15) is 0 Å². The van der Waals surface area contributed by atoms with Gasteiger partial charge in [0.25, 0.3) is 15.9 Å². The molecule has 2 aromatic carbocycles. The smallest absolute Gasteiger partial charge is 0.274 e. The zero-order valence-corrected chi connectivity index (χ0v) is 14.1. The summed E-state index contributed by atoms with van der Waals surface area (Å²) in [5.41, 5.74) is 0. The summed E-state index contributed by atoms with van der Waals surface area (Å²) >= 11 is 0. The Bertz CT molecular complexity index is 869. The maximum Gasteiger partial charge on any atom is 0.274 e. The Balaban J connectivity index is 2.07. The van der Waals surface area contributed by atoms with Crippen molar-refractivity contribution in [2.75, 3.05) is 7.11 Å². The molecule has 0 saturated carbocycles. The lowest BCUT2D eigenvalue weighted by Gasteiger charge is -2.15. The van der Waals surface area contributed by atoms with Gasteiger partial charge in [-0.3, -0.25) is 4.79 Å². The number of rotatable bonds is 6. The lowest BCUT2D eigenvalue weighted by atomic mass is 10.3. The summed E-state index contributed by atoms with van der Waals surface area (Å²) in [4.78, 5) is 11.4. The summed E-state index contributed by atoms with van der Waals surface area (Å²) in [7, 11) is -2.86. The molecule has 0 radical (unpaired) electrons. The van der Waals surface area contributed by atoms with Gasteiger partial charge < -0.3 is 9.47 Å². The molecule has 1 amide bonds. The molecule has 25 heavy (non-hydrogen) atoms. The van der Waals surface area contributed by atoms with E-state index in [-0.39, 0.29) is 0 Å². The molecular formula is C16H15F2NO5S. The van der Waals surface area contributed by atoms with Crippen molar-refractivity contribution in [3.8, 4) is 11.5 Å². The average molecular weight is 371 g/mol. The number of hydrogen-bond donors (Lipinski definition) is 1. The predicted molar refractivity (Wildman–Crippen MR) is 84.8 cm³/mol. The first kappa shape index (κ1) is 18.7. The Labute approximate surface area is 143 Å². The fourth-order valence-electron chi connectivity index (χ4n) is 1.83. The summed E-state index contributed by atoms with van der Waals surface area (Å²) < 4.78 is 62.2. The zero-order chi connectivity index (χ0) is 18.6. The summed E-state index contributed by atoms with van der Waals surface area (Å²) in [5, 5.41) is 0. The minimum Gasteiger partial charge on any atom is -0.497 e. The lowest BCUT2D eigenvalue weighted by molar-refractivity contribution is -0.125. The standard InChI is InChI=1S/C16H15F2NO5S/c1-10(24-12-5-3-11(23-2)4-6-12)16(20)19-25(21,22)13-7-8-14(17)15(18)9-13/h3-10H,1-2H3,(H,19,20)/t10-/m0/s1. The van der Waals surface area contributed by atoms with Crippen molar-refractivity contribution >= 4 is 15.9 Å². The van der Waals surface area contributed by atoms with E-state index in [2.05, 4.69) is 0 Å². The highest BCUT2D eigenvalue weighted by atomic mass is 32.2. The van der Waals surface area contributed by atoms with Crippen LogP contribution in [0.5, 0.6) is 11.5 Å². The van der Waals surface area contributed by atoms with Crippen molar-refractivity contribution < 1.29 is 31.5 Å². The predicted octanol–water partition coefficient (Wildman–Crippen LogP) is 2.25. The molecule has 0 aliphatic heterocycles. The second-order valence-corrected chi connectivity index (χ2v) is 6.66. The minimum atomic E-state index is -4.35. The fraction of sp³-hybridized carbons (Fsp3) is 0.188. The Morgan fingerprint density at radius 1 is 1.04 bits per heavy atom. The van der Waals surface area contributed by atoms with Crippen LogP contribution >= 0.6 is 0 Å². The van der Waals surface area contributed by atoms with Crippen LogP contribution in [0.3, 0.4) is 0 Å². The SMILES string of the molecule is COc1ccc(O[C@@H](C)C(=O)NS(=O)(=O)c2ccc(F)c(F)c2)cc1. The highest BCUT2D eigenvalue weighted by Gasteiger charge is 2.24. The Morgan fingerprint density at radius 2 is 1.64 bits per heavy atom. The maximum atomic E-state index is 13.2. The molecule has 0 aliphatic rings. The van der Waals surface area contributed by atoms with Gasteiger partial charge in [0.2, 0.25) is 0 Å². The first-order chi connectivity index (χ1) is 11.7. The first-order valence-corrected chi connectivity index (χ1v) is 8.53. The number of amides is 1. The fourth-order valence-corrected chi connectivity index (χ4v) is 2.88. The molecule has 0 aromatic heterocycles. The van der Waals surface area contributed by atoms with E-state index in [1.807, 2.05) is 0 Å². The highest BCUT2D eigenvalue weighted by Crippen LogP contribution is 2.18. The number of ether oxygens (including phenoxy) is 2. The maximum absolute atomic E-state index is 13.2. The molecule has 0 saturated heterocycles. The van der Waals surface area contributed by atoms with E-state index in [9.17, 15) is 22.0 Å². The third-order valence-corrected chi connectivity index (χ3v) is 4.52. The molecule has 0 heterocycles. The quantitative estimate of drug-likeness (QED) is 0.842. The highest BCUT2D eigenvalue weighted by molar-refractivity contribution is 7.90. The van der Waals surface area contributed by atoms with E-state index in [0.29, 0.717) is 23.6 Å². The van der Waals surface area contributed by atoms with E-state index in [1.54, 1.807) is 29.0 Å². The van der Waals surface area contributed by atoms with Gasteiger partial charge in [-0.15, -0.1) is 0 Å². The van der Waals surface area contributed by atoms with Gasteiger partial charge in [0.1, 0.15) is 11.5 Å². The van der Waals surface area contributed by atoms with E-state index >= 15 is 0 Å². The molecular weight excluding hydrogens is 356 g/mol. The summed E-state index contributed by atoms with van der Waals surface area (Å²) in [6, 6.07) is 8.31. The normalized spacial score (nSPS) is 12.3. The van der Waals surface area contributed by atoms with Gasteiger partial charge >= 0.3 is 0 Å². The van der Waals surface area contributed by atoms with Crippen molar-refractivity contribution in [2.24, 2.45) is 0 Å².